The van der Waals surface area contributed by atoms with E-state index in [4.69, 9.17) is 15.2 Å². The van der Waals surface area contributed by atoms with E-state index in [-0.39, 0.29) is 6.04 Å². The summed E-state index contributed by atoms with van der Waals surface area (Å²) in [6.07, 6.45) is 3.45. The van der Waals surface area contributed by atoms with Crippen molar-refractivity contribution in [3.63, 3.8) is 0 Å². The van der Waals surface area contributed by atoms with Crippen molar-refractivity contribution in [1.29, 1.82) is 0 Å². The number of hydrogen-bond acceptors (Lipinski definition) is 4. The summed E-state index contributed by atoms with van der Waals surface area (Å²) < 4.78 is 10.8. The summed E-state index contributed by atoms with van der Waals surface area (Å²) in [5.41, 5.74) is 9.30. The summed E-state index contributed by atoms with van der Waals surface area (Å²) >= 11 is 0. The van der Waals surface area contributed by atoms with Gasteiger partial charge in [0, 0.05) is 6.20 Å². The van der Waals surface area contributed by atoms with E-state index in [0.717, 1.165) is 28.2 Å². The van der Waals surface area contributed by atoms with Gasteiger partial charge in [-0.1, -0.05) is 12.1 Å². The molecule has 2 N–H and O–H groups in total. The van der Waals surface area contributed by atoms with Crippen LogP contribution in [0.1, 0.15) is 29.7 Å². The normalized spacial score (nSPS) is 12.0. The number of methoxy groups -OCH3 is 1. The molecular weight excluding hydrogens is 252 g/mol. The molecule has 0 saturated carbocycles. The number of benzene rings is 1. The molecule has 0 saturated heterocycles. The smallest absolute Gasteiger partial charge is 0.137 e. The largest absolute Gasteiger partial charge is 0.496 e. The van der Waals surface area contributed by atoms with Crippen LogP contribution in [0, 0.1) is 6.92 Å². The molecule has 0 aliphatic rings. The highest BCUT2D eigenvalue weighted by molar-refractivity contribution is 5.41. The summed E-state index contributed by atoms with van der Waals surface area (Å²) in [5, 5.41) is 0. The first-order valence-electron chi connectivity index (χ1n) is 6.63. The molecule has 2 aromatic rings. The minimum Gasteiger partial charge on any atom is -0.496 e. The second kappa shape index (κ2) is 6.39. The highest BCUT2D eigenvalue weighted by Crippen LogP contribution is 2.27. The fourth-order valence-electron chi connectivity index (χ4n) is 2.07. The van der Waals surface area contributed by atoms with Crippen LogP contribution in [-0.4, -0.2) is 18.7 Å². The van der Waals surface area contributed by atoms with Crippen molar-refractivity contribution < 1.29 is 9.47 Å². The van der Waals surface area contributed by atoms with Gasteiger partial charge in [-0.25, -0.2) is 0 Å². The molecule has 4 nitrogen and oxygen atoms in total. The van der Waals surface area contributed by atoms with Crippen molar-refractivity contribution in [2.45, 2.75) is 19.9 Å². The summed E-state index contributed by atoms with van der Waals surface area (Å²) in [5.74, 6) is 1.58. The van der Waals surface area contributed by atoms with Crippen LogP contribution in [0.5, 0.6) is 11.5 Å². The van der Waals surface area contributed by atoms with Crippen molar-refractivity contribution in [2.24, 2.45) is 5.73 Å². The van der Waals surface area contributed by atoms with Crippen LogP contribution in [0.3, 0.4) is 0 Å². The number of aromatic nitrogens is 1. The summed E-state index contributed by atoms with van der Waals surface area (Å²) in [4.78, 5) is 4.17. The Balaban J connectivity index is 2.30. The molecule has 0 bridgehead atoms. The van der Waals surface area contributed by atoms with Gasteiger partial charge >= 0.3 is 0 Å². The van der Waals surface area contributed by atoms with Gasteiger partial charge in [0.2, 0.25) is 0 Å². The molecule has 0 aliphatic heterocycles. The Labute approximate surface area is 119 Å². The summed E-state index contributed by atoms with van der Waals surface area (Å²) in [7, 11) is 1.66. The van der Waals surface area contributed by atoms with Crippen LogP contribution in [0.2, 0.25) is 0 Å². The molecule has 0 fully saturated rings. The number of aryl methyl sites for hydroxylation is 1. The van der Waals surface area contributed by atoms with Gasteiger partial charge in [0.25, 0.3) is 0 Å². The van der Waals surface area contributed by atoms with Crippen LogP contribution in [-0.2, 0) is 0 Å². The van der Waals surface area contributed by atoms with Gasteiger partial charge in [-0.2, -0.15) is 0 Å². The molecule has 0 spiro atoms. The molecule has 106 valence electrons. The predicted octanol–water partition coefficient (Wildman–Crippen LogP) is 2.85. The molecule has 1 unspecified atom stereocenters. The van der Waals surface area contributed by atoms with E-state index >= 15 is 0 Å². The Kier molecular flexibility index (Phi) is 4.58. The fourth-order valence-corrected chi connectivity index (χ4v) is 2.07. The Morgan fingerprint density at radius 1 is 1.20 bits per heavy atom. The third kappa shape index (κ3) is 3.08. The minimum absolute atomic E-state index is 0.252. The standard InChI is InChI=1S/C16H20N2O2/c1-4-20-14-7-13(9-18-10-14)16(17)12-6-5-11(2)15(8-12)19-3/h5-10,16H,4,17H2,1-3H3. The van der Waals surface area contributed by atoms with Crippen molar-refractivity contribution in [3.05, 3.63) is 53.3 Å². The zero-order chi connectivity index (χ0) is 14.5. The van der Waals surface area contributed by atoms with Crippen molar-refractivity contribution >= 4 is 0 Å². The lowest BCUT2D eigenvalue weighted by Crippen LogP contribution is -2.12. The Hall–Kier alpha value is -2.07. The highest BCUT2D eigenvalue weighted by atomic mass is 16.5. The monoisotopic (exact) mass is 272 g/mol. The van der Waals surface area contributed by atoms with Gasteiger partial charge in [0.05, 0.1) is 26.0 Å². The first-order valence-corrected chi connectivity index (χ1v) is 6.63. The van der Waals surface area contributed by atoms with Gasteiger partial charge in [0.1, 0.15) is 11.5 Å². The Morgan fingerprint density at radius 3 is 2.70 bits per heavy atom. The molecule has 2 rings (SSSR count). The molecule has 0 amide bonds. The third-order valence-corrected chi connectivity index (χ3v) is 3.20. The van der Waals surface area contributed by atoms with Crippen LogP contribution in [0.15, 0.2) is 36.7 Å². The second-order valence-corrected chi connectivity index (χ2v) is 4.59. The van der Waals surface area contributed by atoms with Crippen LogP contribution in [0.25, 0.3) is 0 Å². The van der Waals surface area contributed by atoms with Gasteiger partial charge in [-0.15, -0.1) is 0 Å². The molecule has 20 heavy (non-hydrogen) atoms. The lowest BCUT2D eigenvalue weighted by Gasteiger charge is -2.15. The molecule has 4 heteroatoms. The van der Waals surface area contributed by atoms with Gasteiger partial charge in [0.15, 0.2) is 0 Å². The average Bonchev–Trinajstić information content (AvgIpc) is 2.48. The van der Waals surface area contributed by atoms with Crippen molar-refractivity contribution in [2.75, 3.05) is 13.7 Å². The highest BCUT2D eigenvalue weighted by Gasteiger charge is 2.12. The predicted molar refractivity (Wildman–Crippen MR) is 79.2 cm³/mol. The average molecular weight is 272 g/mol. The van der Waals surface area contributed by atoms with E-state index in [0.29, 0.717) is 6.61 Å². The number of ether oxygens (including phenoxy) is 2. The number of nitrogens with two attached hydrogens (primary N) is 1. The van der Waals surface area contributed by atoms with E-state index in [1.54, 1.807) is 19.5 Å². The van der Waals surface area contributed by atoms with Crippen LogP contribution in [0.4, 0.5) is 0 Å². The molecule has 0 radical (unpaired) electrons. The maximum absolute atomic E-state index is 6.30. The molecule has 1 aromatic carbocycles. The maximum Gasteiger partial charge on any atom is 0.137 e. The lowest BCUT2D eigenvalue weighted by atomic mass is 9.99. The Bertz CT molecular complexity index is 584. The molecule has 1 heterocycles. The second-order valence-electron chi connectivity index (χ2n) is 4.59. The molecule has 1 atom stereocenters. The number of rotatable bonds is 5. The lowest BCUT2D eigenvalue weighted by molar-refractivity contribution is 0.338. The van der Waals surface area contributed by atoms with Gasteiger partial charge in [-0.05, 0) is 42.7 Å². The van der Waals surface area contributed by atoms with Crippen molar-refractivity contribution in [1.82, 2.24) is 4.98 Å². The van der Waals surface area contributed by atoms with E-state index < -0.39 is 0 Å². The number of pyridine rings is 1. The Morgan fingerprint density at radius 2 is 2.00 bits per heavy atom. The first kappa shape index (κ1) is 14.3. The van der Waals surface area contributed by atoms with E-state index in [1.165, 1.54) is 0 Å². The van der Waals surface area contributed by atoms with Crippen molar-refractivity contribution in [3.8, 4) is 11.5 Å². The minimum atomic E-state index is -0.252. The van der Waals surface area contributed by atoms with E-state index in [9.17, 15) is 0 Å². The van der Waals surface area contributed by atoms with E-state index in [1.807, 2.05) is 38.1 Å². The maximum atomic E-state index is 6.30. The van der Waals surface area contributed by atoms with Gasteiger partial charge < -0.3 is 15.2 Å². The number of nitrogens with zero attached hydrogens (tertiary/aromatic N) is 1. The van der Waals surface area contributed by atoms with Crippen LogP contribution < -0.4 is 15.2 Å². The topological polar surface area (TPSA) is 57.4 Å². The quantitative estimate of drug-likeness (QED) is 0.909. The summed E-state index contributed by atoms with van der Waals surface area (Å²) in [6.45, 7) is 4.56. The van der Waals surface area contributed by atoms with Gasteiger partial charge in [-0.3, -0.25) is 4.98 Å². The SMILES string of the molecule is CCOc1cncc(C(N)c2ccc(C)c(OC)c2)c1. The molecular formula is C16H20N2O2. The van der Waals surface area contributed by atoms with Crippen LogP contribution >= 0.6 is 0 Å². The van der Waals surface area contributed by atoms with E-state index in [2.05, 4.69) is 4.98 Å². The number of hydrogen-bond donors (Lipinski definition) is 1. The molecule has 1 aromatic heterocycles. The third-order valence-electron chi connectivity index (χ3n) is 3.20. The zero-order valence-corrected chi connectivity index (χ0v) is 12.1. The molecule has 0 aliphatic carbocycles. The zero-order valence-electron chi connectivity index (χ0n) is 12.1. The first-order chi connectivity index (χ1) is 9.65. The fraction of sp³-hybridized carbons (Fsp3) is 0.312. The summed E-state index contributed by atoms with van der Waals surface area (Å²) in [6, 6.07) is 7.65.